The molecule has 100 valence electrons. The Hall–Kier alpha value is -1.62. The Morgan fingerprint density at radius 2 is 2.26 bits per heavy atom. The molecule has 3 rings (SSSR count). The SMILES string of the molecule is O=C(O)C1CCC(c2nc3cc(F)cc(Cl)c3o2)C1. The monoisotopic (exact) mass is 283 g/mol. The van der Waals surface area contributed by atoms with Crippen LogP contribution in [0.15, 0.2) is 16.5 Å². The molecule has 1 saturated carbocycles. The average molecular weight is 284 g/mol. The molecule has 19 heavy (non-hydrogen) atoms. The summed E-state index contributed by atoms with van der Waals surface area (Å²) < 4.78 is 18.8. The van der Waals surface area contributed by atoms with Gasteiger partial charge in [-0.15, -0.1) is 0 Å². The third-order valence-corrected chi connectivity index (χ3v) is 3.84. The predicted molar refractivity (Wildman–Crippen MR) is 66.7 cm³/mol. The normalized spacial score (nSPS) is 23.1. The number of carbonyl (C=O) groups is 1. The molecule has 1 heterocycles. The van der Waals surface area contributed by atoms with Gasteiger partial charge in [0.25, 0.3) is 0 Å². The molecule has 4 nitrogen and oxygen atoms in total. The van der Waals surface area contributed by atoms with Gasteiger partial charge in [-0.1, -0.05) is 11.6 Å². The van der Waals surface area contributed by atoms with Crippen LogP contribution in [0, 0.1) is 11.7 Å². The molecule has 1 fully saturated rings. The Balaban J connectivity index is 1.94. The molecule has 6 heteroatoms. The van der Waals surface area contributed by atoms with Crippen LogP contribution in [0.4, 0.5) is 4.39 Å². The van der Waals surface area contributed by atoms with Crippen molar-refractivity contribution in [2.45, 2.75) is 25.2 Å². The first-order chi connectivity index (χ1) is 9.04. The van der Waals surface area contributed by atoms with Crippen molar-refractivity contribution < 1.29 is 18.7 Å². The summed E-state index contributed by atoms with van der Waals surface area (Å²) in [6.07, 6.45) is 1.83. The molecule has 2 atom stereocenters. The number of hydrogen-bond acceptors (Lipinski definition) is 3. The molecule has 1 N–H and O–H groups in total. The summed E-state index contributed by atoms with van der Waals surface area (Å²) in [5.41, 5.74) is 0.732. The standard InChI is InChI=1S/C13H11ClFNO3/c14-9-4-8(15)5-10-11(9)19-12(16-10)6-1-2-7(3-6)13(17)18/h4-7H,1-3H2,(H,17,18). The Morgan fingerprint density at radius 3 is 2.95 bits per heavy atom. The molecular weight excluding hydrogens is 273 g/mol. The van der Waals surface area contributed by atoms with E-state index in [0.29, 0.717) is 36.3 Å². The van der Waals surface area contributed by atoms with Crippen molar-refractivity contribution in [3.05, 3.63) is 28.9 Å². The fourth-order valence-electron chi connectivity index (χ4n) is 2.58. The smallest absolute Gasteiger partial charge is 0.306 e. The van der Waals surface area contributed by atoms with E-state index in [0.717, 1.165) is 0 Å². The highest BCUT2D eigenvalue weighted by Gasteiger charge is 2.33. The van der Waals surface area contributed by atoms with E-state index >= 15 is 0 Å². The number of halogens is 2. The fourth-order valence-corrected chi connectivity index (χ4v) is 2.82. The zero-order valence-corrected chi connectivity index (χ0v) is 10.7. The van der Waals surface area contributed by atoms with Crippen LogP contribution in [0.3, 0.4) is 0 Å². The summed E-state index contributed by atoms with van der Waals surface area (Å²) in [6.45, 7) is 0. The number of carboxylic acid groups (broad SMARTS) is 1. The number of fused-ring (bicyclic) bond motifs is 1. The van der Waals surface area contributed by atoms with E-state index in [1.54, 1.807) is 0 Å². The summed E-state index contributed by atoms with van der Waals surface area (Å²) >= 11 is 5.89. The fraction of sp³-hybridized carbons (Fsp3) is 0.385. The molecule has 0 saturated heterocycles. The zero-order chi connectivity index (χ0) is 13.6. The summed E-state index contributed by atoms with van der Waals surface area (Å²) in [5.74, 6) is -1.19. The lowest BCUT2D eigenvalue weighted by molar-refractivity contribution is -0.141. The van der Waals surface area contributed by atoms with Crippen molar-refractivity contribution in [3.8, 4) is 0 Å². The van der Waals surface area contributed by atoms with E-state index < -0.39 is 11.8 Å². The number of aromatic nitrogens is 1. The Labute approximate surface area is 113 Å². The van der Waals surface area contributed by atoms with Crippen molar-refractivity contribution in [1.82, 2.24) is 4.98 Å². The molecule has 0 bridgehead atoms. The van der Waals surface area contributed by atoms with Crippen molar-refractivity contribution in [2.75, 3.05) is 0 Å². The largest absolute Gasteiger partial charge is 0.481 e. The predicted octanol–water partition coefficient (Wildman–Crippen LogP) is 3.59. The summed E-state index contributed by atoms with van der Waals surface area (Å²) in [5, 5.41) is 9.16. The topological polar surface area (TPSA) is 63.3 Å². The van der Waals surface area contributed by atoms with Crippen LogP contribution < -0.4 is 0 Å². The lowest BCUT2D eigenvalue weighted by atomic mass is 10.1. The molecule has 1 aliphatic carbocycles. The van der Waals surface area contributed by atoms with Gasteiger partial charge in [-0.25, -0.2) is 9.37 Å². The van der Waals surface area contributed by atoms with Crippen LogP contribution >= 0.6 is 11.6 Å². The van der Waals surface area contributed by atoms with Crippen LogP contribution in [-0.4, -0.2) is 16.1 Å². The highest BCUT2D eigenvalue weighted by atomic mass is 35.5. The van der Waals surface area contributed by atoms with Gasteiger partial charge in [0.2, 0.25) is 0 Å². The molecule has 0 aliphatic heterocycles. The highest BCUT2D eigenvalue weighted by molar-refractivity contribution is 6.34. The Kier molecular flexibility index (Phi) is 2.93. The third-order valence-electron chi connectivity index (χ3n) is 3.56. The molecule has 0 radical (unpaired) electrons. The van der Waals surface area contributed by atoms with Crippen LogP contribution in [0.25, 0.3) is 11.1 Å². The minimum atomic E-state index is -0.789. The van der Waals surface area contributed by atoms with Gasteiger partial charge in [-0.3, -0.25) is 4.79 Å². The van der Waals surface area contributed by atoms with E-state index in [1.165, 1.54) is 12.1 Å². The van der Waals surface area contributed by atoms with E-state index in [-0.39, 0.29) is 16.9 Å². The van der Waals surface area contributed by atoms with Gasteiger partial charge in [0, 0.05) is 12.0 Å². The zero-order valence-electron chi connectivity index (χ0n) is 9.90. The van der Waals surface area contributed by atoms with Crippen molar-refractivity contribution in [2.24, 2.45) is 5.92 Å². The minimum Gasteiger partial charge on any atom is -0.481 e. The maximum absolute atomic E-state index is 13.2. The highest BCUT2D eigenvalue weighted by Crippen LogP contribution is 2.39. The molecule has 1 aromatic heterocycles. The number of aliphatic carboxylic acids is 1. The maximum Gasteiger partial charge on any atom is 0.306 e. The van der Waals surface area contributed by atoms with Crippen LogP contribution in [0.1, 0.15) is 31.1 Å². The first kappa shape index (κ1) is 12.4. The van der Waals surface area contributed by atoms with Gasteiger partial charge in [-0.05, 0) is 25.3 Å². The second-order valence-corrected chi connectivity index (χ2v) is 5.24. The molecule has 0 amide bonds. The quantitative estimate of drug-likeness (QED) is 0.915. The van der Waals surface area contributed by atoms with Gasteiger partial charge >= 0.3 is 5.97 Å². The van der Waals surface area contributed by atoms with Gasteiger partial charge in [0.05, 0.1) is 10.9 Å². The average Bonchev–Trinajstić information content (AvgIpc) is 2.92. The Morgan fingerprint density at radius 1 is 1.47 bits per heavy atom. The molecule has 1 aromatic carbocycles. The summed E-state index contributed by atoms with van der Waals surface area (Å²) in [7, 11) is 0. The van der Waals surface area contributed by atoms with Crippen molar-refractivity contribution >= 4 is 28.7 Å². The molecule has 2 aromatic rings. The van der Waals surface area contributed by atoms with E-state index in [1.807, 2.05) is 0 Å². The minimum absolute atomic E-state index is 0.0346. The Bertz CT molecular complexity index is 655. The number of hydrogen-bond donors (Lipinski definition) is 1. The number of nitrogens with zero attached hydrogens (tertiary/aromatic N) is 1. The third kappa shape index (κ3) is 2.18. The van der Waals surface area contributed by atoms with Gasteiger partial charge in [0.1, 0.15) is 11.3 Å². The van der Waals surface area contributed by atoms with E-state index in [9.17, 15) is 9.18 Å². The summed E-state index contributed by atoms with van der Waals surface area (Å²) in [4.78, 5) is 15.2. The summed E-state index contributed by atoms with van der Waals surface area (Å²) in [6, 6.07) is 2.44. The number of benzene rings is 1. The van der Waals surface area contributed by atoms with Crippen LogP contribution in [0.5, 0.6) is 0 Å². The number of carboxylic acids is 1. The van der Waals surface area contributed by atoms with Crippen LogP contribution in [0.2, 0.25) is 5.02 Å². The number of oxazole rings is 1. The van der Waals surface area contributed by atoms with Crippen molar-refractivity contribution in [3.63, 3.8) is 0 Å². The number of rotatable bonds is 2. The first-order valence-corrected chi connectivity index (χ1v) is 6.40. The van der Waals surface area contributed by atoms with Gasteiger partial charge in [-0.2, -0.15) is 0 Å². The lowest BCUT2D eigenvalue weighted by Gasteiger charge is -2.03. The molecule has 2 unspecified atom stereocenters. The van der Waals surface area contributed by atoms with Crippen molar-refractivity contribution in [1.29, 1.82) is 0 Å². The second kappa shape index (κ2) is 4.49. The van der Waals surface area contributed by atoms with Crippen LogP contribution in [-0.2, 0) is 4.79 Å². The molecular formula is C13H11ClFNO3. The first-order valence-electron chi connectivity index (χ1n) is 6.03. The second-order valence-electron chi connectivity index (χ2n) is 4.83. The van der Waals surface area contributed by atoms with Gasteiger partial charge < -0.3 is 9.52 Å². The maximum atomic E-state index is 13.2. The lowest BCUT2D eigenvalue weighted by Crippen LogP contribution is -2.09. The van der Waals surface area contributed by atoms with E-state index in [4.69, 9.17) is 21.1 Å². The van der Waals surface area contributed by atoms with E-state index in [2.05, 4.69) is 4.98 Å². The van der Waals surface area contributed by atoms with Gasteiger partial charge in [0.15, 0.2) is 11.5 Å². The molecule has 0 spiro atoms. The molecule has 1 aliphatic rings.